The monoisotopic (exact) mass is 298 g/mol. The zero-order valence-electron chi connectivity index (χ0n) is 12.5. The van der Waals surface area contributed by atoms with E-state index in [4.69, 9.17) is 11.6 Å². The van der Waals surface area contributed by atoms with Crippen LogP contribution in [0.3, 0.4) is 0 Å². The maximum atomic E-state index is 14.0. The minimum atomic E-state index is -0.204. The van der Waals surface area contributed by atoms with E-state index in [9.17, 15) is 4.39 Å². The summed E-state index contributed by atoms with van der Waals surface area (Å²) in [6.07, 6.45) is 2.14. The van der Waals surface area contributed by atoms with Crippen molar-refractivity contribution in [3.05, 3.63) is 34.6 Å². The van der Waals surface area contributed by atoms with E-state index < -0.39 is 0 Å². The lowest BCUT2D eigenvalue weighted by Crippen LogP contribution is -2.63. The maximum Gasteiger partial charge on any atom is 0.129 e. The molecular weight excluding hydrogens is 275 g/mol. The Labute approximate surface area is 126 Å². The highest BCUT2D eigenvalue weighted by Crippen LogP contribution is 2.29. The summed E-state index contributed by atoms with van der Waals surface area (Å²) in [7, 11) is 0. The quantitative estimate of drug-likeness (QED) is 0.909. The standard InChI is InChI=1S/C16H24ClFN2/c1-4-16(5-2)11-19-12(3)9-20(16)10-13-6-7-14(17)8-15(13)18/h6-8,12,19H,4-5,9-11H2,1-3H3. The summed E-state index contributed by atoms with van der Waals surface area (Å²) >= 11 is 5.83. The summed E-state index contributed by atoms with van der Waals surface area (Å²) in [5.41, 5.74) is 0.855. The van der Waals surface area contributed by atoms with Gasteiger partial charge in [0.2, 0.25) is 0 Å². The van der Waals surface area contributed by atoms with Crippen molar-refractivity contribution in [2.24, 2.45) is 0 Å². The molecule has 0 aromatic heterocycles. The molecule has 1 aliphatic heterocycles. The van der Waals surface area contributed by atoms with Crippen molar-refractivity contribution in [3.63, 3.8) is 0 Å². The van der Waals surface area contributed by atoms with Gasteiger partial charge in [-0.1, -0.05) is 31.5 Å². The van der Waals surface area contributed by atoms with E-state index in [1.807, 2.05) is 0 Å². The second-order valence-corrected chi connectivity index (χ2v) is 6.27. The number of nitrogens with zero attached hydrogens (tertiary/aromatic N) is 1. The highest BCUT2D eigenvalue weighted by Gasteiger charge is 2.37. The molecule has 1 unspecified atom stereocenters. The summed E-state index contributed by atoms with van der Waals surface area (Å²) in [5.74, 6) is -0.204. The van der Waals surface area contributed by atoms with Crippen molar-refractivity contribution in [2.45, 2.75) is 51.7 Å². The Morgan fingerprint density at radius 1 is 1.40 bits per heavy atom. The van der Waals surface area contributed by atoms with Gasteiger partial charge in [-0.3, -0.25) is 4.90 Å². The average molecular weight is 299 g/mol. The third-order valence-electron chi connectivity index (χ3n) is 4.64. The second-order valence-electron chi connectivity index (χ2n) is 5.83. The van der Waals surface area contributed by atoms with Crippen LogP contribution in [0, 0.1) is 5.82 Å². The predicted molar refractivity (Wildman–Crippen MR) is 82.6 cm³/mol. The molecule has 2 rings (SSSR count). The number of nitrogens with one attached hydrogen (secondary N) is 1. The molecule has 0 radical (unpaired) electrons. The first-order chi connectivity index (χ1) is 9.50. The maximum absolute atomic E-state index is 14.0. The molecule has 112 valence electrons. The van der Waals surface area contributed by atoms with E-state index in [1.54, 1.807) is 12.1 Å². The number of halogens is 2. The van der Waals surface area contributed by atoms with Gasteiger partial charge in [-0.15, -0.1) is 0 Å². The molecule has 0 spiro atoms. The lowest BCUT2D eigenvalue weighted by Gasteiger charge is -2.49. The largest absolute Gasteiger partial charge is 0.311 e. The molecule has 1 atom stereocenters. The topological polar surface area (TPSA) is 15.3 Å². The first-order valence-corrected chi connectivity index (χ1v) is 7.81. The smallest absolute Gasteiger partial charge is 0.129 e. The average Bonchev–Trinajstić information content (AvgIpc) is 2.43. The number of hydrogen-bond donors (Lipinski definition) is 1. The SMILES string of the molecule is CCC1(CC)CNC(C)CN1Cc1ccc(Cl)cc1F. The van der Waals surface area contributed by atoms with E-state index in [0.29, 0.717) is 17.6 Å². The van der Waals surface area contributed by atoms with Crippen molar-refractivity contribution >= 4 is 11.6 Å². The van der Waals surface area contributed by atoms with Crippen LogP contribution in [-0.2, 0) is 6.54 Å². The Bertz CT molecular complexity index is 460. The number of benzene rings is 1. The third kappa shape index (κ3) is 3.16. The molecule has 4 heteroatoms. The molecule has 0 amide bonds. The highest BCUT2D eigenvalue weighted by molar-refractivity contribution is 6.30. The Morgan fingerprint density at radius 2 is 2.10 bits per heavy atom. The molecule has 20 heavy (non-hydrogen) atoms. The molecular formula is C16H24ClFN2. The number of rotatable bonds is 4. The number of piperazine rings is 1. The molecule has 0 saturated carbocycles. The first-order valence-electron chi connectivity index (χ1n) is 7.43. The van der Waals surface area contributed by atoms with Crippen LogP contribution in [0.5, 0.6) is 0 Å². The minimum absolute atomic E-state index is 0.124. The Morgan fingerprint density at radius 3 is 2.70 bits per heavy atom. The summed E-state index contributed by atoms with van der Waals surface area (Å²) in [6.45, 7) is 9.18. The highest BCUT2D eigenvalue weighted by atomic mass is 35.5. The van der Waals surface area contributed by atoms with Crippen LogP contribution in [0.25, 0.3) is 0 Å². The van der Waals surface area contributed by atoms with Crippen LogP contribution in [-0.4, -0.2) is 29.6 Å². The van der Waals surface area contributed by atoms with E-state index in [1.165, 1.54) is 6.07 Å². The van der Waals surface area contributed by atoms with E-state index in [-0.39, 0.29) is 11.4 Å². The summed E-state index contributed by atoms with van der Waals surface area (Å²) in [6, 6.07) is 5.42. The third-order valence-corrected chi connectivity index (χ3v) is 4.87. The molecule has 1 saturated heterocycles. The van der Waals surface area contributed by atoms with Gasteiger partial charge in [-0.2, -0.15) is 0 Å². The van der Waals surface area contributed by atoms with E-state index in [2.05, 4.69) is 31.0 Å². The van der Waals surface area contributed by atoms with Gasteiger partial charge in [0.05, 0.1) is 0 Å². The van der Waals surface area contributed by atoms with Gasteiger partial charge >= 0.3 is 0 Å². The first kappa shape index (κ1) is 15.7. The van der Waals surface area contributed by atoms with Gasteiger partial charge in [-0.25, -0.2) is 4.39 Å². The molecule has 1 aromatic rings. The van der Waals surface area contributed by atoms with Crippen molar-refractivity contribution in [1.29, 1.82) is 0 Å². The van der Waals surface area contributed by atoms with Crippen LogP contribution in [0.2, 0.25) is 5.02 Å². The molecule has 2 nitrogen and oxygen atoms in total. The molecule has 1 N–H and O–H groups in total. The lowest BCUT2D eigenvalue weighted by molar-refractivity contribution is 0.0270. The molecule has 0 bridgehead atoms. The van der Waals surface area contributed by atoms with Crippen molar-refractivity contribution in [1.82, 2.24) is 10.2 Å². The summed E-state index contributed by atoms with van der Waals surface area (Å²) < 4.78 is 14.0. The molecule has 1 aromatic carbocycles. The predicted octanol–water partition coefficient (Wildman–Crippen LogP) is 3.83. The second kappa shape index (κ2) is 6.42. The minimum Gasteiger partial charge on any atom is -0.311 e. The van der Waals surface area contributed by atoms with Crippen molar-refractivity contribution in [2.75, 3.05) is 13.1 Å². The molecule has 1 aliphatic rings. The Balaban J connectivity index is 2.23. The van der Waals surface area contributed by atoms with Crippen LogP contribution in [0.1, 0.15) is 39.2 Å². The van der Waals surface area contributed by atoms with Crippen LogP contribution < -0.4 is 5.32 Å². The van der Waals surface area contributed by atoms with Gasteiger partial charge in [0.25, 0.3) is 0 Å². The molecule has 0 aliphatic carbocycles. The van der Waals surface area contributed by atoms with Gasteiger partial charge in [0.1, 0.15) is 5.82 Å². The zero-order chi connectivity index (χ0) is 14.8. The van der Waals surface area contributed by atoms with Gasteiger partial charge in [0, 0.05) is 41.8 Å². The van der Waals surface area contributed by atoms with Crippen LogP contribution >= 0.6 is 11.6 Å². The van der Waals surface area contributed by atoms with Gasteiger partial charge < -0.3 is 5.32 Å². The van der Waals surface area contributed by atoms with E-state index in [0.717, 1.165) is 31.5 Å². The summed E-state index contributed by atoms with van der Waals surface area (Å²) in [4.78, 5) is 2.43. The fourth-order valence-corrected chi connectivity index (χ4v) is 3.26. The fourth-order valence-electron chi connectivity index (χ4n) is 3.10. The van der Waals surface area contributed by atoms with Gasteiger partial charge in [0.15, 0.2) is 0 Å². The molecule has 1 heterocycles. The fraction of sp³-hybridized carbons (Fsp3) is 0.625. The van der Waals surface area contributed by atoms with Crippen molar-refractivity contribution in [3.8, 4) is 0 Å². The van der Waals surface area contributed by atoms with Gasteiger partial charge in [-0.05, 0) is 31.9 Å². The molecule has 1 fully saturated rings. The van der Waals surface area contributed by atoms with Crippen LogP contribution in [0.4, 0.5) is 4.39 Å². The zero-order valence-corrected chi connectivity index (χ0v) is 13.3. The Kier molecular flexibility index (Phi) is 5.05. The van der Waals surface area contributed by atoms with E-state index >= 15 is 0 Å². The Hall–Kier alpha value is -0.640. The summed E-state index contributed by atoms with van der Waals surface area (Å²) in [5, 5.41) is 4.01. The van der Waals surface area contributed by atoms with Crippen molar-refractivity contribution < 1.29 is 4.39 Å². The number of hydrogen-bond acceptors (Lipinski definition) is 2. The lowest BCUT2D eigenvalue weighted by atomic mass is 9.87. The van der Waals surface area contributed by atoms with Crippen LogP contribution in [0.15, 0.2) is 18.2 Å². The normalized spacial score (nSPS) is 22.9.